The number of carboxylic acids is 1. The molecular weight excluding hydrogens is 362 g/mol. The summed E-state index contributed by atoms with van der Waals surface area (Å²) in [6.07, 6.45) is 3.38. The van der Waals surface area contributed by atoms with Gasteiger partial charge in [0.15, 0.2) is 0 Å². The Morgan fingerprint density at radius 3 is 2.52 bits per heavy atom. The second-order valence-corrected chi connectivity index (χ2v) is 6.56. The maximum Gasteiger partial charge on any atom is 0.326 e. The van der Waals surface area contributed by atoms with Gasteiger partial charge >= 0.3 is 5.97 Å². The van der Waals surface area contributed by atoms with Crippen LogP contribution in [0.25, 0.3) is 5.69 Å². The fraction of sp³-hybridized carbons (Fsp3) is 0.312. The molecule has 0 aliphatic rings. The first-order valence-corrected chi connectivity index (χ1v) is 8.00. The summed E-state index contributed by atoms with van der Waals surface area (Å²) in [6.45, 7) is 3.82. The second kappa shape index (κ2) is 7.41. The fourth-order valence-corrected chi connectivity index (χ4v) is 2.37. The number of nitrogens with zero attached hydrogens (tertiary/aromatic N) is 2. The van der Waals surface area contributed by atoms with Crippen molar-refractivity contribution < 1.29 is 14.7 Å². The highest BCUT2D eigenvalue weighted by Crippen LogP contribution is 2.14. The van der Waals surface area contributed by atoms with E-state index in [4.69, 9.17) is 0 Å². The molecule has 6 nitrogen and oxygen atoms in total. The molecule has 1 heterocycles. The van der Waals surface area contributed by atoms with E-state index >= 15 is 0 Å². The minimum Gasteiger partial charge on any atom is -0.480 e. The van der Waals surface area contributed by atoms with E-state index in [1.165, 1.54) is 6.20 Å². The van der Waals surface area contributed by atoms with E-state index in [0.717, 1.165) is 10.2 Å². The van der Waals surface area contributed by atoms with Gasteiger partial charge in [0.05, 0.1) is 17.4 Å². The molecule has 1 aromatic carbocycles. The SMILES string of the molecule is CC(C)C[C@H](NC(=O)c1cnn(-c2ccc(Br)cc2)c1)C(=O)O. The number of rotatable bonds is 6. The molecule has 2 N–H and O–H groups in total. The lowest BCUT2D eigenvalue weighted by Crippen LogP contribution is -2.41. The van der Waals surface area contributed by atoms with E-state index in [-0.39, 0.29) is 5.92 Å². The smallest absolute Gasteiger partial charge is 0.326 e. The summed E-state index contributed by atoms with van der Waals surface area (Å²) in [5.41, 5.74) is 1.13. The van der Waals surface area contributed by atoms with Gasteiger partial charge < -0.3 is 10.4 Å². The average molecular weight is 380 g/mol. The summed E-state index contributed by atoms with van der Waals surface area (Å²) in [4.78, 5) is 23.4. The van der Waals surface area contributed by atoms with Crippen molar-refractivity contribution >= 4 is 27.8 Å². The molecule has 0 radical (unpaired) electrons. The van der Waals surface area contributed by atoms with E-state index in [1.807, 2.05) is 38.1 Å². The molecule has 2 aromatic rings. The number of carbonyl (C=O) groups excluding carboxylic acids is 1. The number of halogens is 1. The molecule has 0 spiro atoms. The number of hydrogen-bond acceptors (Lipinski definition) is 3. The number of carboxylic acid groups (broad SMARTS) is 1. The first kappa shape index (κ1) is 17.2. The van der Waals surface area contributed by atoms with Crippen molar-refractivity contribution in [2.45, 2.75) is 26.3 Å². The molecule has 0 saturated heterocycles. The molecule has 0 fully saturated rings. The predicted molar refractivity (Wildman–Crippen MR) is 89.6 cm³/mol. The van der Waals surface area contributed by atoms with Crippen molar-refractivity contribution in [1.29, 1.82) is 0 Å². The van der Waals surface area contributed by atoms with Gasteiger partial charge in [0, 0.05) is 10.7 Å². The first-order valence-electron chi connectivity index (χ1n) is 7.21. The molecule has 122 valence electrons. The zero-order chi connectivity index (χ0) is 17.0. The van der Waals surface area contributed by atoms with Crippen molar-refractivity contribution in [2.24, 2.45) is 5.92 Å². The molecule has 2 rings (SSSR count). The Morgan fingerprint density at radius 2 is 1.96 bits per heavy atom. The Kier molecular flexibility index (Phi) is 5.54. The van der Waals surface area contributed by atoms with Gasteiger partial charge in [-0.15, -0.1) is 0 Å². The third-order valence-electron chi connectivity index (χ3n) is 3.25. The Balaban J connectivity index is 2.11. The maximum absolute atomic E-state index is 12.2. The fourth-order valence-electron chi connectivity index (χ4n) is 2.11. The van der Waals surface area contributed by atoms with Crippen LogP contribution in [0.3, 0.4) is 0 Å². The monoisotopic (exact) mass is 379 g/mol. The number of aliphatic carboxylic acids is 1. The van der Waals surface area contributed by atoms with Crippen LogP contribution in [-0.2, 0) is 4.79 Å². The predicted octanol–water partition coefficient (Wildman–Crippen LogP) is 2.86. The zero-order valence-electron chi connectivity index (χ0n) is 12.9. The molecule has 0 bridgehead atoms. The molecule has 1 aromatic heterocycles. The lowest BCUT2D eigenvalue weighted by atomic mass is 10.0. The maximum atomic E-state index is 12.2. The summed E-state index contributed by atoms with van der Waals surface area (Å²) < 4.78 is 2.52. The summed E-state index contributed by atoms with van der Waals surface area (Å²) in [5.74, 6) is -1.31. The van der Waals surface area contributed by atoms with Gasteiger partial charge in [0.25, 0.3) is 5.91 Å². The van der Waals surface area contributed by atoms with Gasteiger partial charge in [-0.05, 0) is 36.6 Å². The number of nitrogens with one attached hydrogen (secondary N) is 1. The summed E-state index contributed by atoms with van der Waals surface area (Å²) in [7, 11) is 0. The van der Waals surface area contributed by atoms with Crippen LogP contribution in [0.2, 0.25) is 0 Å². The van der Waals surface area contributed by atoms with Crippen LogP contribution in [0.5, 0.6) is 0 Å². The van der Waals surface area contributed by atoms with Crippen molar-refractivity contribution in [3.63, 3.8) is 0 Å². The minimum absolute atomic E-state index is 0.168. The van der Waals surface area contributed by atoms with E-state index in [0.29, 0.717) is 12.0 Å². The van der Waals surface area contributed by atoms with Crippen LogP contribution in [0, 0.1) is 5.92 Å². The van der Waals surface area contributed by atoms with Gasteiger partial charge in [-0.2, -0.15) is 5.10 Å². The number of carbonyl (C=O) groups is 2. The normalized spacial score (nSPS) is 12.2. The number of amides is 1. The third-order valence-corrected chi connectivity index (χ3v) is 3.78. The Hall–Kier alpha value is -2.15. The second-order valence-electron chi connectivity index (χ2n) is 5.64. The van der Waals surface area contributed by atoms with Gasteiger partial charge in [-0.1, -0.05) is 29.8 Å². The van der Waals surface area contributed by atoms with Crippen LogP contribution in [0.15, 0.2) is 41.1 Å². The molecule has 23 heavy (non-hydrogen) atoms. The van der Waals surface area contributed by atoms with Gasteiger partial charge in [0.2, 0.25) is 0 Å². The van der Waals surface area contributed by atoms with Crippen molar-refractivity contribution in [2.75, 3.05) is 0 Å². The van der Waals surface area contributed by atoms with Gasteiger partial charge in [0.1, 0.15) is 6.04 Å². The Morgan fingerprint density at radius 1 is 1.30 bits per heavy atom. The van der Waals surface area contributed by atoms with Gasteiger partial charge in [-0.25, -0.2) is 9.48 Å². The highest BCUT2D eigenvalue weighted by atomic mass is 79.9. The molecule has 0 saturated carbocycles. The summed E-state index contributed by atoms with van der Waals surface area (Å²) in [6, 6.07) is 6.56. The van der Waals surface area contributed by atoms with Crippen LogP contribution in [0.4, 0.5) is 0 Å². The first-order chi connectivity index (χ1) is 10.9. The number of aromatic nitrogens is 2. The molecule has 1 amide bonds. The number of hydrogen-bond donors (Lipinski definition) is 2. The largest absolute Gasteiger partial charge is 0.480 e. The van der Waals surface area contributed by atoms with E-state index in [1.54, 1.807) is 10.9 Å². The van der Waals surface area contributed by atoms with Crippen LogP contribution >= 0.6 is 15.9 Å². The summed E-state index contributed by atoms with van der Waals surface area (Å²) >= 11 is 3.36. The average Bonchev–Trinajstić information content (AvgIpc) is 2.96. The third kappa shape index (κ3) is 4.66. The zero-order valence-corrected chi connectivity index (χ0v) is 14.4. The molecule has 0 aliphatic carbocycles. The Bertz CT molecular complexity index is 695. The van der Waals surface area contributed by atoms with Crippen LogP contribution in [-0.4, -0.2) is 32.8 Å². The van der Waals surface area contributed by atoms with E-state index in [2.05, 4.69) is 26.3 Å². The quantitative estimate of drug-likeness (QED) is 0.807. The highest BCUT2D eigenvalue weighted by Gasteiger charge is 2.22. The lowest BCUT2D eigenvalue weighted by Gasteiger charge is -2.15. The molecule has 0 unspecified atom stereocenters. The number of benzene rings is 1. The van der Waals surface area contributed by atoms with E-state index < -0.39 is 17.9 Å². The van der Waals surface area contributed by atoms with Gasteiger partial charge in [-0.3, -0.25) is 4.79 Å². The van der Waals surface area contributed by atoms with Crippen molar-refractivity contribution in [3.05, 3.63) is 46.7 Å². The summed E-state index contributed by atoms with van der Waals surface area (Å²) in [5, 5.41) is 15.9. The Labute approximate surface area is 142 Å². The van der Waals surface area contributed by atoms with Crippen LogP contribution < -0.4 is 5.32 Å². The standard InChI is InChI=1S/C16H18BrN3O3/c1-10(2)7-14(16(22)23)19-15(21)11-8-18-20(9-11)13-5-3-12(17)4-6-13/h3-6,8-10,14H,7H2,1-2H3,(H,19,21)(H,22,23)/t14-/m0/s1. The molecule has 0 aliphatic heterocycles. The van der Waals surface area contributed by atoms with Crippen molar-refractivity contribution in [1.82, 2.24) is 15.1 Å². The highest BCUT2D eigenvalue weighted by molar-refractivity contribution is 9.10. The van der Waals surface area contributed by atoms with E-state index in [9.17, 15) is 14.7 Å². The molecular formula is C16H18BrN3O3. The molecule has 1 atom stereocenters. The molecule has 7 heteroatoms. The minimum atomic E-state index is -1.03. The lowest BCUT2D eigenvalue weighted by molar-refractivity contribution is -0.139. The van der Waals surface area contributed by atoms with Crippen LogP contribution in [0.1, 0.15) is 30.6 Å². The topological polar surface area (TPSA) is 84.2 Å². The van der Waals surface area contributed by atoms with Crippen molar-refractivity contribution in [3.8, 4) is 5.69 Å².